The molecule has 0 atom stereocenters. The van der Waals surface area contributed by atoms with E-state index < -0.39 is 28.9 Å². The first kappa shape index (κ1) is 12.5. The van der Waals surface area contributed by atoms with Gasteiger partial charge in [0, 0.05) is 11.8 Å². The molecule has 3 nitrogen and oxygen atoms in total. The molecule has 0 bridgehead atoms. The van der Waals surface area contributed by atoms with Crippen molar-refractivity contribution in [3.05, 3.63) is 29.1 Å². The van der Waals surface area contributed by atoms with Crippen LogP contribution in [0.4, 0.5) is 8.78 Å². The molecule has 5 heteroatoms. The van der Waals surface area contributed by atoms with Gasteiger partial charge in [0.2, 0.25) is 5.95 Å². The molecule has 0 spiro atoms. The number of hydrogen-bond acceptors (Lipinski definition) is 3. The predicted molar refractivity (Wildman–Crippen MR) is 54.1 cm³/mol. The molecule has 0 radical (unpaired) electrons. The van der Waals surface area contributed by atoms with Gasteiger partial charge in [-0.2, -0.15) is 4.39 Å². The second-order valence-corrected chi connectivity index (χ2v) is 4.42. The van der Waals surface area contributed by atoms with Crippen LogP contribution in [-0.2, 0) is 4.74 Å². The van der Waals surface area contributed by atoms with Crippen molar-refractivity contribution in [3.8, 4) is 0 Å². The predicted octanol–water partition coefficient (Wildman–Crippen LogP) is 2.62. The van der Waals surface area contributed by atoms with E-state index in [1.807, 2.05) is 0 Å². The van der Waals surface area contributed by atoms with Crippen LogP contribution >= 0.6 is 0 Å². The Morgan fingerprint density at radius 3 is 2.44 bits per heavy atom. The Kier molecular flexibility index (Phi) is 3.26. The minimum Gasteiger partial charge on any atom is -0.456 e. The number of hydrogen-bond donors (Lipinski definition) is 0. The SMILES string of the molecule is Cc1cnc(F)c(C(=O)OC(C)(C)C)c1F. The Labute approximate surface area is 92.4 Å². The van der Waals surface area contributed by atoms with E-state index in [4.69, 9.17) is 4.74 Å². The highest BCUT2D eigenvalue weighted by Crippen LogP contribution is 2.18. The van der Waals surface area contributed by atoms with Crippen molar-refractivity contribution < 1.29 is 18.3 Å². The van der Waals surface area contributed by atoms with Crippen LogP contribution in [0.3, 0.4) is 0 Å². The van der Waals surface area contributed by atoms with E-state index >= 15 is 0 Å². The number of pyridine rings is 1. The van der Waals surface area contributed by atoms with Gasteiger partial charge in [-0.15, -0.1) is 0 Å². The third-order valence-corrected chi connectivity index (χ3v) is 1.75. The molecule has 0 saturated heterocycles. The van der Waals surface area contributed by atoms with Gasteiger partial charge < -0.3 is 4.74 Å². The Morgan fingerprint density at radius 1 is 1.38 bits per heavy atom. The van der Waals surface area contributed by atoms with Gasteiger partial charge >= 0.3 is 5.97 Å². The minimum atomic E-state index is -1.16. The zero-order chi connectivity index (χ0) is 12.5. The number of rotatable bonds is 1. The van der Waals surface area contributed by atoms with Gasteiger partial charge in [-0.25, -0.2) is 14.2 Å². The van der Waals surface area contributed by atoms with Crippen molar-refractivity contribution in [1.29, 1.82) is 0 Å². The van der Waals surface area contributed by atoms with Crippen molar-refractivity contribution in [2.24, 2.45) is 0 Å². The zero-order valence-corrected chi connectivity index (χ0v) is 9.60. The number of nitrogens with zero attached hydrogens (tertiary/aromatic N) is 1. The second-order valence-electron chi connectivity index (χ2n) is 4.42. The summed E-state index contributed by atoms with van der Waals surface area (Å²) < 4.78 is 31.6. The minimum absolute atomic E-state index is 0.0993. The van der Waals surface area contributed by atoms with Crippen LogP contribution < -0.4 is 0 Å². The lowest BCUT2D eigenvalue weighted by Gasteiger charge is -2.19. The summed E-state index contributed by atoms with van der Waals surface area (Å²) in [5, 5.41) is 0. The maximum Gasteiger partial charge on any atom is 0.346 e. The molecule has 0 aliphatic carbocycles. The number of ether oxygens (including phenoxy) is 1. The van der Waals surface area contributed by atoms with Crippen molar-refractivity contribution in [2.45, 2.75) is 33.3 Å². The summed E-state index contributed by atoms with van der Waals surface area (Å²) in [6.07, 6.45) is 1.03. The van der Waals surface area contributed by atoms with Crippen molar-refractivity contribution in [2.75, 3.05) is 0 Å². The van der Waals surface area contributed by atoms with Crippen molar-refractivity contribution >= 4 is 5.97 Å². The number of esters is 1. The maximum absolute atomic E-state index is 13.5. The van der Waals surface area contributed by atoms with Crippen LogP contribution in [0.2, 0.25) is 0 Å². The Morgan fingerprint density at radius 2 is 1.94 bits per heavy atom. The Bertz CT molecular complexity index is 425. The average molecular weight is 229 g/mol. The summed E-state index contributed by atoms with van der Waals surface area (Å²) in [6, 6.07) is 0. The Balaban J connectivity index is 3.14. The molecule has 88 valence electrons. The highest BCUT2D eigenvalue weighted by Gasteiger charge is 2.25. The average Bonchev–Trinajstić information content (AvgIpc) is 2.09. The lowest BCUT2D eigenvalue weighted by Crippen LogP contribution is -2.25. The van der Waals surface area contributed by atoms with E-state index in [1.54, 1.807) is 20.8 Å². The van der Waals surface area contributed by atoms with Crippen LogP contribution in [-0.4, -0.2) is 16.6 Å². The zero-order valence-electron chi connectivity index (χ0n) is 9.60. The highest BCUT2D eigenvalue weighted by atomic mass is 19.1. The Hall–Kier alpha value is -1.52. The summed E-state index contributed by atoms with van der Waals surface area (Å²) in [6.45, 7) is 6.24. The molecule has 0 fully saturated rings. The van der Waals surface area contributed by atoms with Gasteiger partial charge in [0.05, 0.1) is 0 Å². The van der Waals surface area contributed by atoms with E-state index in [1.165, 1.54) is 6.92 Å². The van der Waals surface area contributed by atoms with E-state index in [0.717, 1.165) is 6.20 Å². The quantitative estimate of drug-likeness (QED) is 0.549. The van der Waals surface area contributed by atoms with Crippen LogP contribution in [0.5, 0.6) is 0 Å². The molecule has 0 N–H and O–H groups in total. The standard InChI is InChI=1S/C11H13F2NO2/c1-6-5-14-9(13)7(8(6)12)10(15)16-11(2,3)4/h5H,1-4H3. The number of aryl methyl sites for hydroxylation is 1. The molecular weight excluding hydrogens is 216 g/mol. The number of carbonyl (C=O) groups is 1. The van der Waals surface area contributed by atoms with Gasteiger partial charge in [-0.1, -0.05) is 0 Å². The molecule has 1 aromatic rings. The first-order valence-corrected chi connectivity index (χ1v) is 4.76. The van der Waals surface area contributed by atoms with Crippen LogP contribution in [0, 0.1) is 18.7 Å². The topological polar surface area (TPSA) is 39.2 Å². The smallest absolute Gasteiger partial charge is 0.346 e. The molecule has 16 heavy (non-hydrogen) atoms. The monoisotopic (exact) mass is 229 g/mol. The van der Waals surface area contributed by atoms with Crippen LogP contribution in [0.25, 0.3) is 0 Å². The maximum atomic E-state index is 13.5. The van der Waals surface area contributed by atoms with E-state index in [0.29, 0.717) is 0 Å². The second kappa shape index (κ2) is 4.15. The molecule has 1 rings (SSSR count). The molecule has 0 saturated carbocycles. The van der Waals surface area contributed by atoms with E-state index in [9.17, 15) is 13.6 Å². The summed E-state index contributed by atoms with van der Waals surface area (Å²) in [4.78, 5) is 14.8. The van der Waals surface area contributed by atoms with Crippen LogP contribution in [0.15, 0.2) is 6.20 Å². The van der Waals surface area contributed by atoms with Gasteiger partial charge in [-0.05, 0) is 27.7 Å². The summed E-state index contributed by atoms with van der Waals surface area (Å²) in [5.41, 5.74) is -1.45. The first-order valence-electron chi connectivity index (χ1n) is 4.76. The van der Waals surface area contributed by atoms with E-state index in [-0.39, 0.29) is 5.56 Å². The third kappa shape index (κ3) is 2.74. The largest absolute Gasteiger partial charge is 0.456 e. The van der Waals surface area contributed by atoms with Gasteiger partial charge in [0.1, 0.15) is 11.4 Å². The molecule has 0 amide bonds. The van der Waals surface area contributed by atoms with Crippen molar-refractivity contribution in [3.63, 3.8) is 0 Å². The normalized spacial score (nSPS) is 11.4. The molecule has 0 unspecified atom stereocenters. The lowest BCUT2D eigenvalue weighted by molar-refractivity contribution is 0.00581. The van der Waals surface area contributed by atoms with Gasteiger partial charge in [-0.3, -0.25) is 0 Å². The summed E-state index contributed by atoms with van der Waals surface area (Å²) in [7, 11) is 0. The third-order valence-electron chi connectivity index (χ3n) is 1.75. The van der Waals surface area contributed by atoms with Crippen molar-refractivity contribution in [1.82, 2.24) is 4.98 Å². The lowest BCUT2D eigenvalue weighted by atomic mass is 10.1. The van der Waals surface area contributed by atoms with E-state index in [2.05, 4.69) is 4.98 Å². The number of aromatic nitrogens is 1. The molecule has 0 aromatic carbocycles. The molecule has 0 aliphatic rings. The summed E-state index contributed by atoms with van der Waals surface area (Å²) >= 11 is 0. The fourth-order valence-electron chi connectivity index (χ4n) is 1.07. The van der Waals surface area contributed by atoms with Crippen LogP contribution in [0.1, 0.15) is 36.7 Å². The fourth-order valence-corrected chi connectivity index (χ4v) is 1.07. The number of halogens is 2. The van der Waals surface area contributed by atoms with Gasteiger partial charge in [0.15, 0.2) is 5.56 Å². The highest BCUT2D eigenvalue weighted by molar-refractivity contribution is 5.90. The van der Waals surface area contributed by atoms with Gasteiger partial charge in [0.25, 0.3) is 0 Å². The fraction of sp³-hybridized carbons (Fsp3) is 0.455. The molecule has 1 heterocycles. The molecule has 1 aromatic heterocycles. The molecular formula is C11H13F2NO2. The first-order chi connectivity index (χ1) is 7.22. The number of carbonyl (C=O) groups excluding carboxylic acids is 1. The molecule has 0 aliphatic heterocycles. The summed E-state index contributed by atoms with van der Waals surface area (Å²) in [5.74, 6) is -3.13.